The average molecular weight is 371 g/mol. The summed E-state index contributed by atoms with van der Waals surface area (Å²) in [7, 11) is 0. The van der Waals surface area contributed by atoms with Crippen molar-refractivity contribution in [2.24, 2.45) is 0 Å². The Morgan fingerprint density at radius 1 is 1.08 bits per heavy atom. The number of nitrogens with zero attached hydrogens (tertiary/aromatic N) is 3. The fraction of sp³-hybridized carbons (Fsp3) is 0.316. The lowest BCUT2D eigenvalue weighted by molar-refractivity contribution is -0.132. The lowest BCUT2D eigenvalue weighted by atomic mass is 10.2. The molecule has 0 unspecified atom stereocenters. The van der Waals surface area contributed by atoms with Gasteiger partial charge in [-0.25, -0.2) is 4.79 Å². The van der Waals surface area contributed by atoms with E-state index < -0.39 is 5.69 Å². The maximum absolute atomic E-state index is 12.8. The van der Waals surface area contributed by atoms with Gasteiger partial charge >= 0.3 is 5.69 Å². The first kappa shape index (κ1) is 18.1. The summed E-state index contributed by atoms with van der Waals surface area (Å²) >= 11 is 1.60. The minimum Gasteiger partial charge on any atom is -0.336 e. The van der Waals surface area contributed by atoms with Crippen molar-refractivity contribution in [2.75, 3.05) is 6.54 Å². The van der Waals surface area contributed by atoms with Crippen molar-refractivity contribution in [1.82, 2.24) is 14.0 Å². The van der Waals surface area contributed by atoms with Gasteiger partial charge in [-0.15, -0.1) is 11.3 Å². The summed E-state index contributed by atoms with van der Waals surface area (Å²) in [5.74, 6) is -0.144. The highest BCUT2D eigenvalue weighted by atomic mass is 32.1. The molecule has 26 heavy (non-hydrogen) atoms. The average Bonchev–Trinajstić information content (AvgIpc) is 3.16. The number of carbonyl (C=O) groups excluding carboxylic acids is 1. The van der Waals surface area contributed by atoms with Crippen LogP contribution in [0, 0.1) is 0 Å². The maximum Gasteiger partial charge on any atom is 0.331 e. The van der Waals surface area contributed by atoms with Crippen LogP contribution in [0.4, 0.5) is 0 Å². The van der Waals surface area contributed by atoms with E-state index in [1.165, 1.54) is 9.13 Å². The molecule has 0 aliphatic rings. The van der Waals surface area contributed by atoms with E-state index in [0.29, 0.717) is 24.0 Å². The number of aromatic nitrogens is 2. The molecule has 0 atom stereocenters. The highest BCUT2D eigenvalue weighted by molar-refractivity contribution is 7.09. The number of benzene rings is 1. The predicted octanol–water partition coefficient (Wildman–Crippen LogP) is 2.29. The fourth-order valence-corrected chi connectivity index (χ4v) is 3.72. The van der Waals surface area contributed by atoms with Gasteiger partial charge < -0.3 is 4.90 Å². The van der Waals surface area contributed by atoms with Crippen molar-refractivity contribution in [3.05, 3.63) is 67.5 Å². The highest BCUT2D eigenvalue weighted by Crippen LogP contribution is 2.13. The van der Waals surface area contributed by atoms with E-state index in [2.05, 4.69) is 0 Å². The van der Waals surface area contributed by atoms with E-state index >= 15 is 0 Å². The highest BCUT2D eigenvalue weighted by Gasteiger charge is 2.18. The third-order valence-electron chi connectivity index (χ3n) is 4.40. The SMILES string of the molecule is CCN(Cc1cccs1)C(=O)Cn1c(=O)n(CC)c(=O)c2ccccc21. The molecule has 1 aromatic carbocycles. The minimum absolute atomic E-state index is 0.0845. The van der Waals surface area contributed by atoms with Crippen LogP contribution in [0.25, 0.3) is 10.9 Å². The molecule has 0 N–H and O–H groups in total. The summed E-state index contributed by atoms with van der Waals surface area (Å²) in [6, 6.07) is 10.9. The summed E-state index contributed by atoms with van der Waals surface area (Å²) in [5, 5.41) is 2.42. The van der Waals surface area contributed by atoms with Gasteiger partial charge in [0.1, 0.15) is 6.54 Å². The van der Waals surface area contributed by atoms with Crippen LogP contribution in [0.15, 0.2) is 51.4 Å². The lowest BCUT2D eigenvalue weighted by Gasteiger charge is -2.21. The molecule has 0 saturated heterocycles. The molecule has 0 fully saturated rings. The molecule has 2 heterocycles. The van der Waals surface area contributed by atoms with Crippen LogP contribution in [0.5, 0.6) is 0 Å². The number of hydrogen-bond donors (Lipinski definition) is 0. The zero-order valence-corrected chi connectivity index (χ0v) is 15.7. The Balaban J connectivity index is 2.01. The molecule has 0 aliphatic carbocycles. The van der Waals surface area contributed by atoms with E-state index in [0.717, 1.165) is 4.88 Å². The number of para-hydroxylation sites is 1. The van der Waals surface area contributed by atoms with Crippen LogP contribution in [0.3, 0.4) is 0 Å². The molecule has 3 rings (SSSR count). The molecule has 136 valence electrons. The van der Waals surface area contributed by atoms with Crippen molar-refractivity contribution in [3.8, 4) is 0 Å². The molecule has 0 spiro atoms. The van der Waals surface area contributed by atoms with Gasteiger partial charge in [0, 0.05) is 18.0 Å². The number of likely N-dealkylation sites (N-methyl/N-ethyl adjacent to an activating group) is 1. The topological polar surface area (TPSA) is 64.3 Å². The zero-order chi connectivity index (χ0) is 18.7. The molecular formula is C19H21N3O3S. The van der Waals surface area contributed by atoms with Crippen molar-refractivity contribution < 1.29 is 4.79 Å². The van der Waals surface area contributed by atoms with E-state index in [1.807, 2.05) is 24.4 Å². The van der Waals surface area contributed by atoms with Gasteiger partial charge in [-0.3, -0.25) is 18.7 Å². The van der Waals surface area contributed by atoms with E-state index in [9.17, 15) is 14.4 Å². The third kappa shape index (κ3) is 3.35. The maximum atomic E-state index is 12.8. The third-order valence-corrected chi connectivity index (χ3v) is 5.26. The van der Waals surface area contributed by atoms with Crippen LogP contribution >= 0.6 is 11.3 Å². The number of hydrogen-bond acceptors (Lipinski definition) is 4. The summed E-state index contributed by atoms with van der Waals surface area (Å²) in [6.07, 6.45) is 0. The van der Waals surface area contributed by atoms with Gasteiger partial charge in [0.2, 0.25) is 5.91 Å². The second kappa shape index (κ2) is 7.70. The quantitative estimate of drug-likeness (QED) is 0.668. The molecule has 0 saturated carbocycles. The summed E-state index contributed by atoms with van der Waals surface area (Å²) in [4.78, 5) is 40.9. The van der Waals surface area contributed by atoms with Gasteiger partial charge in [-0.05, 0) is 37.4 Å². The standard InChI is InChI=1S/C19H21N3O3S/c1-3-20(12-14-8-7-11-26-14)17(23)13-22-16-10-6-5-9-15(16)18(24)21(4-2)19(22)25/h5-11H,3-4,12-13H2,1-2H3. The van der Waals surface area contributed by atoms with Gasteiger partial charge in [-0.1, -0.05) is 18.2 Å². The van der Waals surface area contributed by atoms with Crippen LogP contribution in [-0.2, 0) is 24.4 Å². The fourth-order valence-electron chi connectivity index (χ4n) is 3.00. The smallest absolute Gasteiger partial charge is 0.331 e. The largest absolute Gasteiger partial charge is 0.336 e. The van der Waals surface area contributed by atoms with Crippen LogP contribution in [0.2, 0.25) is 0 Å². The number of thiophene rings is 1. The molecular weight excluding hydrogens is 350 g/mol. The normalized spacial score (nSPS) is 11.0. The summed E-state index contributed by atoms with van der Waals surface area (Å²) in [5.41, 5.74) is -0.271. The van der Waals surface area contributed by atoms with Gasteiger partial charge in [0.05, 0.1) is 17.4 Å². The molecule has 2 aromatic heterocycles. The molecule has 1 amide bonds. The Bertz CT molecular complexity index is 1030. The molecule has 3 aromatic rings. The van der Waals surface area contributed by atoms with E-state index in [1.54, 1.807) is 47.4 Å². The number of carbonyl (C=O) groups is 1. The van der Waals surface area contributed by atoms with Crippen LogP contribution in [-0.4, -0.2) is 26.5 Å². The Kier molecular flexibility index (Phi) is 5.37. The van der Waals surface area contributed by atoms with Gasteiger partial charge in [0.25, 0.3) is 5.56 Å². The Morgan fingerprint density at radius 3 is 2.50 bits per heavy atom. The second-order valence-corrected chi connectivity index (χ2v) is 6.95. The summed E-state index contributed by atoms with van der Waals surface area (Å²) < 4.78 is 2.57. The first-order chi connectivity index (χ1) is 12.6. The van der Waals surface area contributed by atoms with E-state index in [4.69, 9.17) is 0 Å². The van der Waals surface area contributed by atoms with Crippen molar-refractivity contribution >= 4 is 28.1 Å². The summed E-state index contributed by atoms with van der Waals surface area (Å²) in [6.45, 7) is 4.92. The molecule has 7 heteroatoms. The van der Waals surface area contributed by atoms with Gasteiger partial charge in [-0.2, -0.15) is 0 Å². The van der Waals surface area contributed by atoms with Crippen molar-refractivity contribution in [2.45, 2.75) is 33.5 Å². The Labute approximate surface area is 154 Å². The van der Waals surface area contributed by atoms with Crippen molar-refractivity contribution in [1.29, 1.82) is 0 Å². The Hall–Kier alpha value is -2.67. The molecule has 6 nitrogen and oxygen atoms in total. The zero-order valence-electron chi connectivity index (χ0n) is 14.8. The monoisotopic (exact) mass is 371 g/mol. The van der Waals surface area contributed by atoms with Crippen LogP contribution in [0.1, 0.15) is 18.7 Å². The van der Waals surface area contributed by atoms with E-state index in [-0.39, 0.29) is 24.6 Å². The number of rotatable bonds is 6. The predicted molar refractivity (Wildman–Crippen MR) is 104 cm³/mol. The second-order valence-electron chi connectivity index (χ2n) is 5.92. The molecule has 0 aliphatic heterocycles. The number of amides is 1. The van der Waals surface area contributed by atoms with Gasteiger partial charge in [0.15, 0.2) is 0 Å². The Morgan fingerprint density at radius 2 is 1.85 bits per heavy atom. The first-order valence-corrected chi connectivity index (χ1v) is 9.47. The minimum atomic E-state index is -0.447. The molecule has 0 bridgehead atoms. The van der Waals surface area contributed by atoms with Crippen LogP contribution < -0.4 is 11.2 Å². The first-order valence-electron chi connectivity index (χ1n) is 8.59. The lowest BCUT2D eigenvalue weighted by Crippen LogP contribution is -2.43. The number of fused-ring (bicyclic) bond motifs is 1. The molecule has 0 radical (unpaired) electrons. The van der Waals surface area contributed by atoms with Crippen molar-refractivity contribution in [3.63, 3.8) is 0 Å².